The SMILES string of the molecule is O=[N+]([O-])c1c(N2CCC(COc3ccccc3)CC2)nc2ccccn12. The molecule has 4 rings (SSSR count). The highest BCUT2D eigenvalue weighted by atomic mass is 16.6. The lowest BCUT2D eigenvalue weighted by Gasteiger charge is -2.31. The van der Waals surface area contributed by atoms with Crippen LogP contribution in [0.1, 0.15) is 12.8 Å². The standard InChI is InChI=1S/C19H20N4O3/c24-23(25)19-18(20-17-8-4-5-11-22(17)19)21-12-9-15(10-13-21)14-26-16-6-2-1-3-7-16/h1-8,11,15H,9-10,12-14H2. The second kappa shape index (κ2) is 7.03. The fourth-order valence-electron chi connectivity index (χ4n) is 3.39. The van der Waals surface area contributed by atoms with Gasteiger partial charge >= 0.3 is 5.82 Å². The zero-order chi connectivity index (χ0) is 17.9. The summed E-state index contributed by atoms with van der Waals surface area (Å²) in [6, 6.07) is 15.2. The molecular formula is C19H20N4O3. The van der Waals surface area contributed by atoms with E-state index in [0.717, 1.165) is 31.7 Å². The molecule has 1 aliphatic heterocycles. The predicted octanol–water partition coefficient (Wildman–Crippen LogP) is 3.54. The maximum absolute atomic E-state index is 11.6. The molecule has 0 saturated carbocycles. The van der Waals surface area contributed by atoms with Crippen LogP contribution in [0.25, 0.3) is 5.65 Å². The topological polar surface area (TPSA) is 72.9 Å². The summed E-state index contributed by atoms with van der Waals surface area (Å²) in [5.74, 6) is 1.83. The van der Waals surface area contributed by atoms with E-state index in [9.17, 15) is 10.1 Å². The smallest absolute Gasteiger partial charge is 0.372 e. The molecule has 1 saturated heterocycles. The van der Waals surface area contributed by atoms with Crippen molar-refractivity contribution in [3.63, 3.8) is 0 Å². The third-order valence-electron chi connectivity index (χ3n) is 4.80. The van der Waals surface area contributed by atoms with Gasteiger partial charge in [-0.05, 0) is 41.9 Å². The van der Waals surface area contributed by atoms with Gasteiger partial charge in [0.1, 0.15) is 5.75 Å². The first kappa shape index (κ1) is 16.4. The average Bonchev–Trinajstić information content (AvgIpc) is 3.07. The first-order valence-electron chi connectivity index (χ1n) is 8.76. The second-order valence-corrected chi connectivity index (χ2v) is 6.50. The van der Waals surface area contributed by atoms with Gasteiger partial charge < -0.3 is 19.8 Å². The van der Waals surface area contributed by atoms with Gasteiger partial charge in [0.15, 0.2) is 0 Å². The van der Waals surface area contributed by atoms with Crippen LogP contribution in [-0.4, -0.2) is 34.0 Å². The molecule has 0 spiro atoms. The van der Waals surface area contributed by atoms with Gasteiger partial charge in [-0.25, -0.2) is 0 Å². The molecule has 1 aromatic carbocycles. The van der Waals surface area contributed by atoms with E-state index in [-0.39, 0.29) is 10.7 Å². The molecule has 7 heteroatoms. The molecule has 2 aromatic heterocycles. The van der Waals surface area contributed by atoms with Crippen LogP contribution in [0.3, 0.4) is 0 Å². The summed E-state index contributed by atoms with van der Waals surface area (Å²) in [7, 11) is 0. The Balaban J connectivity index is 1.44. The van der Waals surface area contributed by atoms with Crippen LogP contribution in [0.4, 0.5) is 11.6 Å². The first-order chi connectivity index (χ1) is 12.7. The fraction of sp³-hybridized carbons (Fsp3) is 0.316. The first-order valence-corrected chi connectivity index (χ1v) is 8.76. The maximum Gasteiger partial charge on any atom is 0.372 e. The predicted molar refractivity (Wildman–Crippen MR) is 98.7 cm³/mol. The van der Waals surface area contributed by atoms with Crippen LogP contribution >= 0.6 is 0 Å². The largest absolute Gasteiger partial charge is 0.493 e. The van der Waals surface area contributed by atoms with Crippen molar-refractivity contribution in [2.24, 2.45) is 5.92 Å². The summed E-state index contributed by atoms with van der Waals surface area (Å²) in [6.07, 6.45) is 3.54. The number of aromatic nitrogens is 2. The number of nitro groups is 1. The third kappa shape index (κ3) is 3.20. The van der Waals surface area contributed by atoms with Crippen LogP contribution in [0.5, 0.6) is 5.75 Å². The van der Waals surface area contributed by atoms with Gasteiger partial charge in [0, 0.05) is 19.2 Å². The highest BCUT2D eigenvalue weighted by Gasteiger charge is 2.30. The Morgan fingerprint density at radius 3 is 2.58 bits per heavy atom. The fourth-order valence-corrected chi connectivity index (χ4v) is 3.39. The minimum Gasteiger partial charge on any atom is -0.493 e. The molecule has 0 radical (unpaired) electrons. The number of hydrogen-bond acceptors (Lipinski definition) is 5. The lowest BCUT2D eigenvalue weighted by atomic mass is 9.98. The number of fused-ring (bicyclic) bond motifs is 1. The zero-order valence-electron chi connectivity index (χ0n) is 14.3. The molecule has 7 nitrogen and oxygen atoms in total. The van der Waals surface area contributed by atoms with Gasteiger partial charge in [-0.15, -0.1) is 0 Å². The Morgan fingerprint density at radius 2 is 1.85 bits per heavy atom. The summed E-state index contributed by atoms with van der Waals surface area (Å²) in [5, 5.41) is 11.6. The van der Waals surface area contributed by atoms with E-state index in [1.54, 1.807) is 22.7 Å². The van der Waals surface area contributed by atoms with Crippen molar-refractivity contribution < 1.29 is 9.66 Å². The van der Waals surface area contributed by atoms with Gasteiger partial charge in [-0.3, -0.25) is 0 Å². The highest BCUT2D eigenvalue weighted by Crippen LogP contribution is 2.32. The molecule has 1 aliphatic rings. The van der Waals surface area contributed by atoms with E-state index in [1.165, 1.54) is 0 Å². The number of nitrogens with zero attached hydrogens (tertiary/aromatic N) is 4. The molecule has 3 heterocycles. The minimum atomic E-state index is -0.347. The molecule has 0 bridgehead atoms. The van der Waals surface area contributed by atoms with Gasteiger partial charge in [-0.1, -0.05) is 24.3 Å². The molecular weight excluding hydrogens is 332 g/mol. The van der Waals surface area contributed by atoms with Crippen LogP contribution < -0.4 is 9.64 Å². The van der Waals surface area contributed by atoms with Gasteiger partial charge in [-0.2, -0.15) is 9.38 Å². The van der Waals surface area contributed by atoms with Crippen molar-refractivity contribution in [1.82, 2.24) is 9.38 Å². The van der Waals surface area contributed by atoms with E-state index in [0.29, 0.717) is 24.0 Å². The number of rotatable bonds is 5. The molecule has 0 atom stereocenters. The summed E-state index contributed by atoms with van der Waals surface area (Å²) in [4.78, 5) is 17.7. The summed E-state index contributed by atoms with van der Waals surface area (Å²) in [5.41, 5.74) is 0.601. The highest BCUT2D eigenvalue weighted by molar-refractivity contribution is 5.63. The van der Waals surface area contributed by atoms with Gasteiger partial charge in [0.05, 0.1) is 12.8 Å². The Hall–Kier alpha value is -3.09. The number of para-hydroxylation sites is 1. The molecule has 0 aliphatic carbocycles. The van der Waals surface area contributed by atoms with Crippen LogP contribution in [0.15, 0.2) is 54.7 Å². The van der Waals surface area contributed by atoms with E-state index < -0.39 is 0 Å². The third-order valence-corrected chi connectivity index (χ3v) is 4.80. The molecule has 0 N–H and O–H groups in total. The summed E-state index contributed by atoms with van der Waals surface area (Å²) < 4.78 is 7.39. The minimum absolute atomic E-state index is 0.0413. The van der Waals surface area contributed by atoms with Gasteiger partial charge in [0.2, 0.25) is 11.5 Å². The van der Waals surface area contributed by atoms with Crippen molar-refractivity contribution in [3.8, 4) is 5.75 Å². The number of anilines is 1. The lowest BCUT2D eigenvalue weighted by molar-refractivity contribution is -0.389. The van der Waals surface area contributed by atoms with Crippen molar-refractivity contribution >= 4 is 17.3 Å². The number of piperidine rings is 1. The molecule has 0 amide bonds. The molecule has 26 heavy (non-hydrogen) atoms. The van der Waals surface area contributed by atoms with Crippen LogP contribution in [0.2, 0.25) is 0 Å². The van der Waals surface area contributed by atoms with Crippen LogP contribution in [0, 0.1) is 16.0 Å². The van der Waals surface area contributed by atoms with Gasteiger partial charge in [0.25, 0.3) is 0 Å². The van der Waals surface area contributed by atoms with E-state index in [2.05, 4.69) is 4.98 Å². The van der Waals surface area contributed by atoms with Crippen LogP contribution in [-0.2, 0) is 0 Å². The summed E-state index contributed by atoms with van der Waals surface area (Å²) in [6.45, 7) is 2.16. The quantitative estimate of drug-likeness (QED) is 0.519. The molecule has 134 valence electrons. The number of benzene rings is 1. The van der Waals surface area contributed by atoms with Crippen molar-refractivity contribution in [1.29, 1.82) is 0 Å². The van der Waals surface area contributed by atoms with E-state index in [1.807, 2.05) is 41.3 Å². The average molecular weight is 352 g/mol. The Morgan fingerprint density at radius 1 is 1.12 bits per heavy atom. The molecule has 3 aromatic rings. The van der Waals surface area contributed by atoms with E-state index >= 15 is 0 Å². The Labute approximate surface area is 151 Å². The van der Waals surface area contributed by atoms with Crippen molar-refractivity contribution in [2.75, 3.05) is 24.6 Å². The maximum atomic E-state index is 11.6. The number of pyridine rings is 1. The Kier molecular flexibility index (Phi) is 4.43. The normalized spacial score (nSPS) is 15.3. The molecule has 0 unspecified atom stereocenters. The zero-order valence-corrected chi connectivity index (χ0v) is 14.3. The number of hydrogen-bond donors (Lipinski definition) is 0. The Bertz CT molecular complexity index is 902. The second-order valence-electron chi connectivity index (χ2n) is 6.50. The molecule has 1 fully saturated rings. The number of ether oxygens (including phenoxy) is 1. The lowest BCUT2D eigenvalue weighted by Crippen LogP contribution is -2.36. The summed E-state index contributed by atoms with van der Waals surface area (Å²) >= 11 is 0. The van der Waals surface area contributed by atoms with E-state index in [4.69, 9.17) is 4.74 Å². The number of imidazole rings is 1. The van der Waals surface area contributed by atoms with Crippen molar-refractivity contribution in [2.45, 2.75) is 12.8 Å². The van der Waals surface area contributed by atoms with Crippen molar-refractivity contribution in [3.05, 3.63) is 64.8 Å². The monoisotopic (exact) mass is 352 g/mol.